The van der Waals surface area contributed by atoms with Crippen LogP contribution in [0.1, 0.15) is 24.8 Å². The van der Waals surface area contributed by atoms with Gasteiger partial charge in [-0.15, -0.1) is 0 Å². The number of hydrogen-bond donors (Lipinski definition) is 2. The summed E-state index contributed by atoms with van der Waals surface area (Å²) in [5, 5.41) is 10.1. The molecule has 112 valence electrons. The lowest BCUT2D eigenvalue weighted by Crippen LogP contribution is -2.33. The maximum absolute atomic E-state index is 10.8. The molecule has 1 aliphatic rings. The van der Waals surface area contributed by atoms with Crippen molar-refractivity contribution in [2.45, 2.75) is 25.8 Å². The van der Waals surface area contributed by atoms with Crippen molar-refractivity contribution in [3.05, 3.63) is 34.4 Å². The van der Waals surface area contributed by atoms with E-state index in [2.05, 4.69) is 44.1 Å². The molecule has 1 aromatic carbocycles. The number of aromatic nitrogens is 1. The molecule has 2 heterocycles. The minimum Gasteiger partial charge on any atom is -0.481 e. The molecule has 0 saturated carbocycles. The number of rotatable bonds is 4. The van der Waals surface area contributed by atoms with Gasteiger partial charge in [-0.25, -0.2) is 0 Å². The van der Waals surface area contributed by atoms with Gasteiger partial charge in [-0.1, -0.05) is 15.9 Å². The van der Waals surface area contributed by atoms with Gasteiger partial charge < -0.3 is 10.1 Å². The molecule has 1 fully saturated rings. The summed E-state index contributed by atoms with van der Waals surface area (Å²) in [6.45, 7) is 2.90. The number of carboxylic acid groups (broad SMARTS) is 1. The molecule has 1 aromatic heterocycles. The minimum atomic E-state index is -0.671. The molecule has 3 rings (SSSR count). The van der Waals surface area contributed by atoms with E-state index >= 15 is 0 Å². The Kier molecular flexibility index (Phi) is 4.31. The van der Waals surface area contributed by atoms with Crippen molar-refractivity contribution in [2.24, 2.45) is 5.92 Å². The van der Waals surface area contributed by atoms with Crippen molar-refractivity contribution >= 4 is 32.8 Å². The molecule has 4 nitrogen and oxygen atoms in total. The first kappa shape index (κ1) is 14.6. The van der Waals surface area contributed by atoms with Crippen molar-refractivity contribution in [3.63, 3.8) is 0 Å². The van der Waals surface area contributed by atoms with Crippen molar-refractivity contribution in [3.8, 4) is 0 Å². The van der Waals surface area contributed by atoms with Gasteiger partial charge in [0.2, 0.25) is 0 Å². The van der Waals surface area contributed by atoms with Crippen LogP contribution >= 0.6 is 15.9 Å². The van der Waals surface area contributed by atoms with Crippen LogP contribution in [0.4, 0.5) is 0 Å². The molecule has 0 bridgehead atoms. The van der Waals surface area contributed by atoms with Crippen LogP contribution < -0.4 is 0 Å². The Hall–Kier alpha value is -1.33. The third-order valence-electron chi connectivity index (χ3n) is 4.29. The van der Waals surface area contributed by atoms with Crippen LogP contribution in [0.5, 0.6) is 0 Å². The van der Waals surface area contributed by atoms with Gasteiger partial charge in [0.25, 0.3) is 0 Å². The Morgan fingerprint density at radius 1 is 1.38 bits per heavy atom. The summed E-state index contributed by atoms with van der Waals surface area (Å²) < 4.78 is 1.09. The summed E-state index contributed by atoms with van der Waals surface area (Å²) in [6.07, 6.45) is 4.37. The largest absolute Gasteiger partial charge is 0.481 e. The summed E-state index contributed by atoms with van der Waals surface area (Å²) in [5.41, 5.74) is 2.47. The Bertz CT molecular complexity index is 645. The Morgan fingerprint density at radius 2 is 2.14 bits per heavy atom. The van der Waals surface area contributed by atoms with Crippen LogP contribution in [-0.4, -0.2) is 34.0 Å². The molecule has 0 atom stereocenters. The van der Waals surface area contributed by atoms with Crippen molar-refractivity contribution in [2.75, 3.05) is 13.1 Å². The van der Waals surface area contributed by atoms with Gasteiger partial charge in [-0.05, 0) is 55.6 Å². The van der Waals surface area contributed by atoms with Gasteiger partial charge in [0.05, 0.1) is 0 Å². The zero-order valence-corrected chi connectivity index (χ0v) is 13.4. The van der Waals surface area contributed by atoms with E-state index in [1.165, 1.54) is 10.9 Å². The highest BCUT2D eigenvalue weighted by Gasteiger charge is 2.21. The number of nitrogens with one attached hydrogen (secondary N) is 1. The van der Waals surface area contributed by atoms with E-state index in [4.69, 9.17) is 5.11 Å². The van der Waals surface area contributed by atoms with Gasteiger partial charge in [0.1, 0.15) is 0 Å². The summed E-state index contributed by atoms with van der Waals surface area (Å²) in [5.74, 6) is -0.328. The number of halogens is 1. The average Bonchev–Trinajstić information content (AvgIpc) is 2.83. The number of aromatic amines is 1. The number of piperidine rings is 1. The number of H-pyrrole nitrogens is 1. The van der Waals surface area contributed by atoms with E-state index in [0.29, 0.717) is 12.3 Å². The van der Waals surface area contributed by atoms with E-state index in [1.807, 2.05) is 6.07 Å². The number of aliphatic carboxylic acids is 1. The molecule has 0 spiro atoms. The molecule has 2 N–H and O–H groups in total. The lowest BCUT2D eigenvalue weighted by atomic mass is 9.93. The molecule has 1 aliphatic heterocycles. The van der Waals surface area contributed by atoms with E-state index < -0.39 is 5.97 Å². The minimum absolute atomic E-state index is 0.313. The SMILES string of the molecule is O=C(O)CC1CCN(Cc2c[nH]c3ccc(Br)cc23)CC1. The second kappa shape index (κ2) is 6.20. The van der Waals surface area contributed by atoms with Gasteiger partial charge in [-0.3, -0.25) is 9.69 Å². The third-order valence-corrected chi connectivity index (χ3v) is 4.79. The van der Waals surface area contributed by atoms with Gasteiger partial charge >= 0.3 is 5.97 Å². The molecule has 0 amide bonds. The van der Waals surface area contributed by atoms with Crippen molar-refractivity contribution in [1.82, 2.24) is 9.88 Å². The first-order valence-electron chi connectivity index (χ1n) is 7.31. The Morgan fingerprint density at radius 3 is 2.86 bits per heavy atom. The van der Waals surface area contributed by atoms with Gasteiger partial charge in [0.15, 0.2) is 0 Å². The number of nitrogens with zero attached hydrogens (tertiary/aromatic N) is 1. The third kappa shape index (κ3) is 3.47. The fourth-order valence-electron chi connectivity index (χ4n) is 3.12. The van der Waals surface area contributed by atoms with Crippen LogP contribution in [-0.2, 0) is 11.3 Å². The zero-order chi connectivity index (χ0) is 14.8. The normalized spacial score (nSPS) is 17.4. The quantitative estimate of drug-likeness (QED) is 0.885. The summed E-state index contributed by atoms with van der Waals surface area (Å²) in [6, 6.07) is 6.28. The molecule has 21 heavy (non-hydrogen) atoms. The van der Waals surface area contributed by atoms with Crippen molar-refractivity contribution < 1.29 is 9.90 Å². The van der Waals surface area contributed by atoms with Gasteiger partial charge in [-0.2, -0.15) is 0 Å². The number of likely N-dealkylation sites (tertiary alicyclic amines) is 1. The highest BCUT2D eigenvalue weighted by atomic mass is 79.9. The van der Waals surface area contributed by atoms with Crippen LogP contribution in [0, 0.1) is 5.92 Å². The highest BCUT2D eigenvalue weighted by Crippen LogP contribution is 2.26. The van der Waals surface area contributed by atoms with Crippen LogP contribution in [0.25, 0.3) is 10.9 Å². The lowest BCUT2D eigenvalue weighted by Gasteiger charge is -2.31. The molecule has 2 aromatic rings. The summed E-state index contributed by atoms with van der Waals surface area (Å²) in [7, 11) is 0. The molecule has 0 radical (unpaired) electrons. The van der Waals surface area contributed by atoms with E-state index in [-0.39, 0.29) is 0 Å². The fourth-order valence-corrected chi connectivity index (χ4v) is 3.48. The average molecular weight is 351 g/mol. The van der Waals surface area contributed by atoms with E-state index in [9.17, 15) is 4.79 Å². The monoisotopic (exact) mass is 350 g/mol. The maximum atomic E-state index is 10.8. The number of hydrogen-bond acceptors (Lipinski definition) is 2. The summed E-state index contributed by atoms with van der Waals surface area (Å²) >= 11 is 3.52. The molecule has 0 unspecified atom stereocenters. The second-order valence-electron chi connectivity index (χ2n) is 5.82. The molecule has 0 aliphatic carbocycles. The Labute approximate surface area is 132 Å². The number of carbonyl (C=O) groups is 1. The molecule has 5 heteroatoms. The first-order chi connectivity index (χ1) is 10.1. The first-order valence-corrected chi connectivity index (χ1v) is 8.11. The smallest absolute Gasteiger partial charge is 0.303 e. The topological polar surface area (TPSA) is 56.3 Å². The molecule has 1 saturated heterocycles. The lowest BCUT2D eigenvalue weighted by molar-refractivity contribution is -0.138. The maximum Gasteiger partial charge on any atom is 0.303 e. The summed E-state index contributed by atoms with van der Waals surface area (Å²) in [4.78, 5) is 16.5. The Balaban J connectivity index is 1.64. The van der Waals surface area contributed by atoms with E-state index in [1.54, 1.807) is 0 Å². The number of carboxylic acids is 1. The van der Waals surface area contributed by atoms with Crippen LogP contribution in [0.15, 0.2) is 28.9 Å². The second-order valence-corrected chi connectivity index (χ2v) is 6.74. The zero-order valence-electron chi connectivity index (χ0n) is 11.8. The highest BCUT2D eigenvalue weighted by molar-refractivity contribution is 9.10. The van der Waals surface area contributed by atoms with Crippen LogP contribution in [0.3, 0.4) is 0 Å². The molecular formula is C16H19BrN2O2. The predicted molar refractivity (Wildman–Crippen MR) is 86.3 cm³/mol. The number of benzene rings is 1. The molecular weight excluding hydrogens is 332 g/mol. The van der Waals surface area contributed by atoms with Crippen molar-refractivity contribution in [1.29, 1.82) is 0 Å². The number of fused-ring (bicyclic) bond motifs is 1. The van der Waals surface area contributed by atoms with Crippen LogP contribution in [0.2, 0.25) is 0 Å². The van der Waals surface area contributed by atoms with E-state index in [0.717, 1.165) is 42.5 Å². The van der Waals surface area contributed by atoms with Gasteiger partial charge in [0, 0.05) is 34.5 Å². The standard InChI is InChI=1S/C16H19BrN2O2/c17-13-1-2-15-14(8-13)12(9-18-15)10-19-5-3-11(4-6-19)7-16(20)21/h1-2,8-9,11,18H,3-7,10H2,(H,20,21). The predicted octanol–water partition coefficient (Wildman–Crippen LogP) is 3.62. The fraction of sp³-hybridized carbons (Fsp3) is 0.438.